The van der Waals surface area contributed by atoms with Gasteiger partial charge >= 0.3 is 5.97 Å². The zero-order chi connectivity index (χ0) is 17.7. The molecule has 24 heavy (non-hydrogen) atoms. The van der Waals surface area contributed by atoms with Crippen LogP contribution in [0.5, 0.6) is 0 Å². The number of anilines is 2. The van der Waals surface area contributed by atoms with E-state index in [1.807, 2.05) is 0 Å². The lowest BCUT2D eigenvalue weighted by Crippen LogP contribution is -2.15. The van der Waals surface area contributed by atoms with Crippen LogP contribution in [0.3, 0.4) is 0 Å². The summed E-state index contributed by atoms with van der Waals surface area (Å²) in [5.41, 5.74) is 6.95. The van der Waals surface area contributed by atoms with E-state index >= 15 is 0 Å². The summed E-state index contributed by atoms with van der Waals surface area (Å²) in [6.07, 6.45) is 0. The molecule has 1 amide bonds. The van der Waals surface area contributed by atoms with Gasteiger partial charge in [0.25, 0.3) is 0 Å². The van der Waals surface area contributed by atoms with Gasteiger partial charge in [-0.1, -0.05) is 11.6 Å². The highest BCUT2D eigenvalue weighted by molar-refractivity contribution is 6.31. The molecule has 0 fully saturated rings. The molecule has 0 saturated carbocycles. The van der Waals surface area contributed by atoms with E-state index in [4.69, 9.17) is 22.1 Å². The number of amides is 1. The Bertz CT molecular complexity index is 788. The molecule has 0 aliphatic carbocycles. The Labute approximate surface area is 143 Å². The molecule has 0 saturated heterocycles. The quantitative estimate of drug-likeness (QED) is 0.492. The Morgan fingerprint density at radius 2 is 1.79 bits per heavy atom. The van der Waals surface area contributed by atoms with E-state index in [1.54, 1.807) is 12.1 Å². The number of carbonyl (C=O) groups excluding carboxylic acids is 3. The topological polar surface area (TPSA) is 98.5 Å². The second-order valence-corrected chi connectivity index (χ2v) is 5.43. The van der Waals surface area contributed by atoms with Crippen molar-refractivity contribution in [2.45, 2.75) is 6.92 Å². The van der Waals surface area contributed by atoms with E-state index < -0.39 is 12.6 Å². The number of nitrogens with two attached hydrogens (primary N) is 1. The maximum atomic E-state index is 12.0. The zero-order valence-corrected chi connectivity index (χ0v) is 13.6. The minimum Gasteiger partial charge on any atom is -0.454 e. The van der Waals surface area contributed by atoms with Crippen LogP contribution in [-0.2, 0) is 9.53 Å². The Hall–Kier alpha value is -2.86. The van der Waals surface area contributed by atoms with Gasteiger partial charge in [-0.05, 0) is 42.5 Å². The van der Waals surface area contributed by atoms with E-state index in [-0.39, 0.29) is 22.9 Å². The fourth-order valence-electron chi connectivity index (χ4n) is 1.95. The van der Waals surface area contributed by atoms with Crippen LogP contribution in [0.15, 0.2) is 42.5 Å². The molecule has 2 rings (SSSR count). The largest absolute Gasteiger partial charge is 0.454 e. The van der Waals surface area contributed by atoms with Crippen LogP contribution in [0, 0.1) is 0 Å². The molecule has 0 aliphatic rings. The summed E-state index contributed by atoms with van der Waals surface area (Å²) in [5, 5.41) is 3.00. The Balaban J connectivity index is 1.97. The number of Topliss-reactive ketones (excluding diaryl/α,β-unsaturated/α-hetero) is 1. The van der Waals surface area contributed by atoms with Crippen molar-refractivity contribution in [3.63, 3.8) is 0 Å². The lowest BCUT2D eigenvalue weighted by molar-refractivity contribution is -0.114. The summed E-state index contributed by atoms with van der Waals surface area (Å²) in [7, 11) is 0. The minimum atomic E-state index is -0.701. The number of benzene rings is 2. The number of halogens is 1. The number of hydrogen-bond acceptors (Lipinski definition) is 5. The Morgan fingerprint density at radius 3 is 2.38 bits per heavy atom. The van der Waals surface area contributed by atoms with E-state index in [0.717, 1.165) is 0 Å². The predicted octanol–water partition coefficient (Wildman–Crippen LogP) is 2.92. The normalized spacial score (nSPS) is 10.1. The van der Waals surface area contributed by atoms with Crippen molar-refractivity contribution in [1.82, 2.24) is 0 Å². The number of ketones is 1. The van der Waals surface area contributed by atoms with Gasteiger partial charge in [0.2, 0.25) is 5.91 Å². The number of hydrogen-bond donors (Lipinski definition) is 2. The smallest absolute Gasteiger partial charge is 0.340 e. The Kier molecular flexibility index (Phi) is 5.55. The zero-order valence-electron chi connectivity index (χ0n) is 12.8. The van der Waals surface area contributed by atoms with Crippen LogP contribution in [0.2, 0.25) is 5.02 Å². The number of rotatable bonds is 5. The molecule has 0 aliphatic heterocycles. The van der Waals surface area contributed by atoms with Crippen LogP contribution in [-0.4, -0.2) is 24.3 Å². The maximum Gasteiger partial charge on any atom is 0.340 e. The van der Waals surface area contributed by atoms with Crippen molar-refractivity contribution in [3.8, 4) is 0 Å². The lowest BCUT2D eigenvalue weighted by Gasteiger charge is -2.07. The second-order valence-electron chi connectivity index (χ2n) is 4.99. The highest BCUT2D eigenvalue weighted by Gasteiger charge is 2.14. The molecule has 2 aromatic rings. The fraction of sp³-hybridized carbons (Fsp3) is 0.118. The molecular formula is C17H15ClN2O4. The third-order valence-corrected chi connectivity index (χ3v) is 3.33. The van der Waals surface area contributed by atoms with Crippen LogP contribution in [0.1, 0.15) is 27.6 Å². The average molecular weight is 347 g/mol. The summed E-state index contributed by atoms with van der Waals surface area (Å²) < 4.78 is 4.98. The van der Waals surface area contributed by atoms with Crippen molar-refractivity contribution in [1.29, 1.82) is 0 Å². The van der Waals surface area contributed by atoms with Gasteiger partial charge in [-0.25, -0.2) is 4.79 Å². The first-order valence-corrected chi connectivity index (χ1v) is 7.37. The van der Waals surface area contributed by atoms with E-state index in [1.165, 1.54) is 37.3 Å². The second kappa shape index (κ2) is 7.61. The number of ether oxygens (including phenoxy) is 1. The first-order chi connectivity index (χ1) is 11.4. The van der Waals surface area contributed by atoms with Crippen molar-refractivity contribution >= 4 is 40.6 Å². The number of esters is 1. The van der Waals surface area contributed by atoms with Crippen LogP contribution < -0.4 is 11.1 Å². The van der Waals surface area contributed by atoms with Crippen molar-refractivity contribution < 1.29 is 19.1 Å². The van der Waals surface area contributed by atoms with Crippen LogP contribution in [0.4, 0.5) is 11.4 Å². The van der Waals surface area contributed by atoms with Gasteiger partial charge in [-0.3, -0.25) is 9.59 Å². The number of nitrogens with one attached hydrogen (secondary N) is 1. The highest BCUT2D eigenvalue weighted by atomic mass is 35.5. The Morgan fingerprint density at radius 1 is 1.12 bits per heavy atom. The number of nitrogen functional groups attached to an aromatic ring is 1. The van der Waals surface area contributed by atoms with E-state index in [2.05, 4.69) is 5.32 Å². The summed E-state index contributed by atoms with van der Waals surface area (Å²) in [4.78, 5) is 34.9. The predicted molar refractivity (Wildman–Crippen MR) is 91.2 cm³/mol. The SMILES string of the molecule is CC(=O)Nc1ccc(C(=O)COC(=O)c2ccc(Cl)cc2N)cc1. The van der Waals surface area contributed by atoms with Crippen molar-refractivity contribution in [2.75, 3.05) is 17.7 Å². The lowest BCUT2D eigenvalue weighted by atomic mass is 10.1. The molecular weight excluding hydrogens is 332 g/mol. The number of carbonyl (C=O) groups is 3. The third-order valence-electron chi connectivity index (χ3n) is 3.10. The highest BCUT2D eigenvalue weighted by Crippen LogP contribution is 2.19. The van der Waals surface area contributed by atoms with E-state index in [9.17, 15) is 14.4 Å². The summed E-state index contributed by atoms with van der Waals surface area (Å²) >= 11 is 5.76. The molecule has 0 unspecified atom stereocenters. The maximum absolute atomic E-state index is 12.0. The van der Waals surface area contributed by atoms with Gasteiger partial charge in [-0.2, -0.15) is 0 Å². The molecule has 0 bridgehead atoms. The van der Waals surface area contributed by atoms with Gasteiger partial charge in [-0.15, -0.1) is 0 Å². The molecule has 0 aromatic heterocycles. The molecule has 6 nitrogen and oxygen atoms in total. The summed E-state index contributed by atoms with van der Waals surface area (Å²) in [6, 6.07) is 10.6. The fourth-order valence-corrected chi connectivity index (χ4v) is 2.13. The van der Waals surface area contributed by atoms with Crippen molar-refractivity contribution in [3.05, 3.63) is 58.6 Å². The van der Waals surface area contributed by atoms with Gasteiger partial charge < -0.3 is 15.8 Å². The molecule has 2 aromatic carbocycles. The summed E-state index contributed by atoms with van der Waals surface area (Å²) in [5.74, 6) is -1.28. The van der Waals surface area contributed by atoms with Gasteiger partial charge in [0.05, 0.1) is 5.56 Å². The van der Waals surface area contributed by atoms with Gasteiger partial charge in [0, 0.05) is 28.9 Å². The van der Waals surface area contributed by atoms with E-state index in [0.29, 0.717) is 16.3 Å². The summed E-state index contributed by atoms with van der Waals surface area (Å²) in [6.45, 7) is 0.974. The average Bonchev–Trinajstić information content (AvgIpc) is 2.52. The van der Waals surface area contributed by atoms with Gasteiger partial charge in [0.15, 0.2) is 12.4 Å². The van der Waals surface area contributed by atoms with Gasteiger partial charge in [0.1, 0.15) is 0 Å². The monoisotopic (exact) mass is 346 g/mol. The van der Waals surface area contributed by atoms with Crippen LogP contribution in [0.25, 0.3) is 0 Å². The molecule has 7 heteroatoms. The standard InChI is InChI=1S/C17H15ClN2O4/c1-10(21)20-13-5-2-11(3-6-13)16(22)9-24-17(23)14-7-4-12(18)8-15(14)19/h2-8H,9,19H2,1H3,(H,20,21). The first kappa shape index (κ1) is 17.5. The molecule has 0 heterocycles. The molecule has 0 atom stereocenters. The minimum absolute atomic E-state index is 0.146. The molecule has 3 N–H and O–H groups in total. The third kappa shape index (κ3) is 4.57. The molecule has 124 valence electrons. The molecule has 0 spiro atoms. The van der Waals surface area contributed by atoms with Crippen molar-refractivity contribution in [2.24, 2.45) is 0 Å². The first-order valence-electron chi connectivity index (χ1n) is 7.00. The van der Waals surface area contributed by atoms with Crippen LogP contribution >= 0.6 is 11.6 Å². The molecule has 0 radical (unpaired) electrons.